The molecule has 16 heavy (non-hydrogen) atoms. The van der Waals surface area contributed by atoms with E-state index in [0.717, 1.165) is 12.8 Å². The zero-order valence-corrected chi connectivity index (χ0v) is 11.3. The Morgan fingerprint density at radius 2 is 2.31 bits per heavy atom. The fourth-order valence-corrected chi connectivity index (χ4v) is 2.12. The molecule has 0 aliphatic carbocycles. The number of carbonyl (C=O) groups is 2. The average Bonchev–Trinajstić information content (AvgIpc) is 2.23. The molecule has 0 radical (unpaired) electrons. The summed E-state index contributed by atoms with van der Waals surface area (Å²) in [5, 5.41) is 0. The number of Topliss-reactive ketones (excluding diaryl/α,β-unsaturated/α-hetero) is 1. The maximum Gasteiger partial charge on any atom is 0.410 e. The SMILES string of the molecule is CCCCOC(=O)N1CC(Br)C(=O)CC1C. The van der Waals surface area contributed by atoms with Gasteiger partial charge in [-0.2, -0.15) is 0 Å². The molecule has 1 aliphatic heterocycles. The van der Waals surface area contributed by atoms with Gasteiger partial charge in [-0.05, 0) is 13.3 Å². The molecule has 1 heterocycles. The highest BCUT2D eigenvalue weighted by molar-refractivity contribution is 9.10. The molecule has 1 rings (SSSR count). The van der Waals surface area contributed by atoms with Crippen molar-refractivity contribution in [3.63, 3.8) is 0 Å². The standard InChI is InChI=1S/C11H18BrNO3/c1-3-4-5-16-11(15)13-7-9(12)10(14)6-8(13)2/h8-9H,3-7H2,1-2H3. The fraction of sp³-hybridized carbons (Fsp3) is 0.818. The highest BCUT2D eigenvalue weighted by Gasteiger charge is 2.33. The first kappa shape index (κ1) is 13.5. The molecule has 0 saturated carbocycles. The summed E-state index contributed by atoms with van der Waals surface area (Å²) in [6.07, 6.45) is 1.98. The molecule has 92 valence electrons. The molecule has 0 aromatic carbocycles. The molecule has 1 aliphatic rings. The molecule has 5 heteroatoms. The number of carbonyl (C=O) groups excluding carboxylic acids is 2. The van der Waals surface area contributed by atoms with E-state index in [4.69, 9.17) is 4.74 Å². The first-order valence-corrected chi connectivity index (χ1v) is 6.58. The number of rotatable bonds is 3. The van der Waals surface area contributed by atoms with Gasteiger partial charge in [-0.25, -0.2) is 4.79 Å². The topological polar surface area (TPSA) is 46.6 Å². The zero-order chi connectivity index (χ0) is 12.1. The molecule has 0 aromatic rings. The maximum atomic E-state index is 11.7. The summed E-state index contributed by atoms with van der Waals surface area (Å²) >= 11 is 3.27. The Morgan fingerprint density at radius 3 is 2.94 bits per heavy atom. The highest BCUT2D eigenvalue weighted by atomic mass is 79.9. The van der Waals surface area contributed by atoms with Crippen LogP contribution in [-0.2, 0) is 9.53 Å². The van der Waals surface area contributed by atoms with Gasteiger partial charge in [0.25, 0.3) is 0 Å². The van der Waals surface area contributed by atoms with E-state index < -0.39 is 0 Å². The van der Waals surface area contributed by atoms with E-state index in [1.807, 2.05) is 13.8 Å². The number of ether oxygens (including phenoxy) is 1. The van der Waals surface area contributed by atoms with E-state index >= 15 is 0 Å². The summed E-state index contributed by atoms with van der Waals surface area (Å²) in [6, 6.07) is -0.0598. The minimum Gasteiger partial charge on any atom is -0.449 e. The van der Waals surface area contributed by atoms with Gasteiger partial charge < -0.3 is 9.64 Å². The summed E-state index contributed by atoms with van der Waals surface area (Å²) in [4.78, 5) is 24.5. The number of halogens is 1. The van der Waals surface area contributed by atoms with Crippen molar-refractivity contribution in [2.45, 2.75) is 44.0 Å². The Kier molecular flexibility index (Phi) is 5.25. The highest BCUT2D eigenvalue weighted by Crippen LogP contribution is 2.20. The van der Waals surface area contributed by atoms with Gasteiger partial charge >= 0.3 is 6.09 Å². The molecule has 0 spiro atoms. The normalized spacial score (nSPS) is 25.7. The number of ketones is 1. The van der Waals surface area contributed by atoms with Crippen LogP contribution in [0.5, 0.6) is 0 Å². The fourth-order valence-electron chi connectivity index (χ4n) is 1.62. The van der Waals surface area contributed by atoms with Crippen molar-refractivity contribution in [2.24, 2.45) is 0 Å². The molecular formula is C11H18BrNO3. The van der Waals surface area contributed by atoms with Gasteiger partial charge in [0, 0.05) is 19.0 Å². The Bertz CT molecular complexity index is 270. The minimum atomic E-state index is -0.307. The third-order valence-corrected chi connectivity index (χ3v) is 3.49. The predicted octanol–water partition coefficient (Wildman–Crippen LogP) is 2.35. The monoisotopic (exact) mass is 291 g/mol. The van der Waals surface area contributed by atoms with E-state index in [1.54, 1.807) is 4.90 Å². The second kappa shape index (κ2) is 6.23. The molecule has 1 saturated heterocycles. The predicted molar refractivity (Wildman–Crippen MR) is 64.8 cm³/mol. The van der Waals surface area contributed by atoms with E-state index in [0.29, 0.717) is 19.6 Å². The van der Waals surface area contributed by atoms with Gasteiger partial charge in [0.15, 0.2) is 0 Å². The van der Waals surface area contributed by atoms with E-state index in [-0.39, 0.29) is 22.7 Å². The lowest BCUT2D eigenvalue weighted by Crippen LogP contribution is -2.50. The van der Waals surface area contributed by atoms with Gasteiger partial charge in [-0.3, -0.25) is 4.79 Å². The van der Waals surface area contributed by atoms with Crippen LogP contribution in [0.3, 0.4) is 0 Å². The summed E-state index contributed by atoms with van der Waals surface area (Å²) in [6.45, 7) is 4.78. The van der Waals surface area contributed by atoms with Crippen LogP contribution in [-0.4, -0.2) is 40.8 Å². The van der Waals surface area contributed by atoms with Crippen molar-refractivity contribution < 1.29 is 14.3 Å². The summed E-state index contributed by atoms with van der Waals surface area (Å²) < 4.78 is 5.13. The van der Waals surface area contributed by atoms with Gasteiger partial charge in [0.2, 0.25) is 0 Å². The smallest absolute Gasteiger partial charge is 0.410 e. The number of amides is 1. The summed E-state index contributed by atoms with van der Waals surface area (Å²) in [5.74, 6) is 0.158. The third-order valence-electron chi connectivity index (χ3n) is 2.69. The van der Waals surface area contributed by atoms with Crippen molar-refractivity contribution >= 4 is 27.8 Å². The van der Waals surface area contributed by atoms with Crippen LogP contribution in [0.4, 0.5) is 4.79 Å². The van der Waals surface area contributed by atoms with Crippen LogP contribution in [0.25, 0.3) is 0 Å². The molecule has 0 aromatic heterocycles. The number of piperidine rings is 1. The van der Waals surface area contributed by atoms with Gasteiger partial charge in [0.1, 0.15) is 5.78 Å². The largest absolute Gasteiger partial charge is 0.449 e. The second-order valence-electron chi connectivity index (χ2n) is 4.11. The third kappa shape index (κ3) is 3.47. The van der Waals surface area contributed by atoms with Crippen LogP contribution in [0, 0.1) is 0 Å². The van der Waals surface area contributed by atoms with Crippen LogP contribution in [0.1, 0.15) is 33.1 Å². The maximum absolute atomic E-state index is 11.7. The average molecular weight is 292 g/mol. The Labute approximate surface area is 104 Å². The number of nitrogens with zero attached hydrogens (tertiary/aromatic N) is 1. The zero-order valence-electron chi connectivity index (χ0n) is 9.74. The van der Waals surface area contributed by atoms with Crippen LogP contribution < -0.4 is 0 Å². The Balaban J connectivity index is 2.45. The quantitative estimate of drug-likeness (QED) is 0.592. The van der Waals surface area contributed by atoms with Gasteiger partial charge in [0.05, 0.1) is 11.4 Å². The molecule has 0 N–H and O–H groups in total. The lowest BCUT2D eigenvalue weighted by Gasteiger charge is -2.34. The number of hydrogen-bond acceptors (Lipinski definition) is 3. The Morgan fingerprint density at radius 1 is 1.62 bits per heavy atom. The molecule has 2 unspecified atom stereocenters. The first-order chi connectivity index (χ1) is 7.56. The van der Waals surface area contributed by atoms with E-state index in [1.165, 1.54) is 0 Å². The first-order valence-electron chi connectivity index (χ1n) is 5.66. The van der Waals surface area contributed by atoms with E-state index in [9.17, 15) is 9.59 Å². The second-order valence-corrected chi connectivity index (χ2v) is 5.21. The van der Waals surface area contributed by atoms with Crippen LogP contribution >= 0.6 is 15.9 Å². The molecular weight excluding hydrogens is 274 g/mol. The molecule has 2 atom stereocenters. The Hall–Kier alpha value is -0.580. The van der Waals surface area contributed by atoms with Crippen molar-refractivity contribution in [1.82, 2.24) is 4.90 Å². The van der Waals surface area contributed by atoms with Gasteiger partial charge in [-0.15, -0.1) is 0 Å². The lowest BCUT2D eigenvalue weighted by molar-refractivity contribution is -0.121. The number of hydrogen-bond donors (Lipinski definition) is 0. The minimum absolute atomic E-state index is 0.0598. The van der Waals surface area contributed by atoms with Crippen molar-refractivity contribution in [2.75, 3.05) is 13.2 Å². The molecule has 4 nitrogen and oxygen atoms in total. The lowest BCUT2D eigenvalue weighted by atomic mass is 10.0. The summed E-state index contributed by atoms with van der Waals surface area (Å²) in [5.41, 5.74) is 0. The van der Waals surface area contributed by atoms with Crippen molar-refractivity contribution in [1.29, 1.82) is 0 Å². The van der Waals surface area contributed by atoms with E-state index in [2.05, 4.69) is 15.9 Å². The number of likely N-dealkylation sites (tertiary alicyclic amines) is 1. The van der Waals surface area contributed by atoms with Crippen LogP contribution in [0.2, 0.25) is 0 Å². The molecule has 0 bridgehead atoms. The van der Waals surface area contributed by atoms with Crippen molar-refractivity contribution in [3.05, 3.63) is 0 Å². The van der Waals surface area contributed by atoms with Crippen molar-refractivity contribution in [3.8, 4) is 0 Å². The molecule has 1 amide bonds. The van der Waals surface area contributed by atoms with Gasteiger partial charge in [-0.1, -0.05) is 29.3 Å². The molecule has 1 fully saturated rings. The number of unbranched alkanes of at least 4 members (excludes halogenated alkanes) is 1. The number of alkyl halides is 1. The van der Waals surface area contributed by atoms with Crippen LogP contribution in [0.15, 0.2) is 0 Å². The summed E-state index contributed by atoms with van der Waals surface area (Å²) in [7, 11) is 0.